The quantitative estimate of drug-likeness (QED) is 0.554. The maximum atomic E-state index is 13.1. The molecule has 0 aromatic heterocycles. The Kier molecular flexibility index (Phi) is 5.38. The summed E-state index contributed by atoms with van der Waals surface area (Å²) < 4.78 is 18.1. The number of esters is 1. The lowest BCUT2D eigenvalue weighted by Gasteiger charge is -2.42. The van der Waals surface area contributed by atoms with Crippen LogP contribution in [-0.2, 0) is 19.0 Å². The van der Waals surface area contributed by atoms with Gasteiger partial charge in [-0.15, -0.1) is 0 Å². The smallest absolute Gasteiger partial charge is 0.315 e. The van der Waals surface area contributed by atoms with Gasteiger partial charge in [0.1, 0.15) is 17.1 Å². The molecule has 0 aromatic rings. The Morgan fingerprint density at radius 2 is 1.90 bits per heavy atom. The monoisotopic (exact) mass is 406 g/mol. The van der Waals surface area contributed by atoms with Crippen LogP contribution in [0.2, 0.25) is 0 Å². The summed E-state index contributed by atoms with van der Waals surface area (Å²) >= 11 is 0. The molecule has 29 heavy (non-hydrogen) atoms. The van der Waals surface area contributed by atoms with Crippen LogP contribution >= 0.6 is 0 Å². The van der Waals surface area contributed by atoms with Gasteiger partial charge >= 0.3 is 5.97 Å². The van der Waals surface area contributed by atoms with E-state index in [1.807, 2.05) is 19.9 Å². The maximum Gasteiger partial charge on any atom is 0.315 e. The van der Waals surface area contributed by atoms with Crippen molar-refractivity contribution in [1.82, 2.24) is 0 Å². The van der Waals surface area contributed by atoms with E-state index in [0.717, 1.165) is 12.0 Å². The summed E-state index contributed by atoms with van der Waals surface area (Å²) in [6.07, 6.45) is 2.80. The van der Waals surface area contributed by atoms with Crippen LogP contribution in [-0.4, -0.2) is 41.3 Å². The zero-order valence-corrected chi connectivity index (χ0v) is 19.3. The molecule has 0 amide bonds. The largest absolute Gasteiger partial charge is 0.465 e. The van der Waals surface area contributed by atoms with Crippen LogP contribution < -0.4 is 0 Å². The second-order valence-corrected chi connectivity index (χ2v) is 10.4. The van der Waals surface area contributed by atoms with Crippen molar-refractivity contribution < 1.29 is 24.1 Å². The fraction of sp³-hybridized carbons (Fsp3) is 0.792. The van der Waals surface area contributed by atoms with Gasteiger partial charge in [0.2, 0.25) is 0 Å². The van der Waals surface area contributed by atoms with E-state index < -0.39 is 16.8 Å². The maximum absolute atomic E-state index is 13.1. The lowest BCUT2D eigenvalue weighted by molar-refractivity contribution is -0.166. The SMILES string of the molecule is C=C(C)[C@]1(O)C=C2[C@H]3OC(C)(C)O[C@H]3[C@H](C(C)C)[C@@]2(C)CC[C@]1(C)C(=O)OCC. The first-order valence-electron chi connectivity index (χ1n) is 10.9. The minimum atomic E-state index is -1.52. The Bertz CT molecular complexity index is 738. The van der Waals surface area contributed by atoms with Crippen LogP contribution in [0, 0.1) is 22.7 Å². The average Bonchev–Trinajstić information content (AvgIpc) is 2.97. The Hall–Kier alpha value is -1.17. The van der Waals surface area contributed by atoms with Gasteiger partial charge in [0.05, 0.1) is 12.7 Å². The molecule has 6 atom stereocenters. The van der Waals surface area contributed by atoms with Gasteiger partial charge < -0.3 is 19.3 Å². The van der Waals surface area contributed by atoms with Crippen LogP contribution in [0.3, 0.4) is 0 Å². The van der Waals surface area contributed by atoms with Gasteiger partial charge in [-0.25, -0.2) is 0 Å². The van der Waals surface area contributed by atoms with Crippen molar-refractivity contribution >= 4 is 5.97 Å². The van der Waals surface area contributed by atoms with Gasteiger partial charge in [-0.2, -0.15) is 0 Å². The first kappa shape index (κ1) is 22.5. The van der Waals surface area contributed by atoms with Crippen molar-refractivity contribution in [3.63, 3.8) is 0 Å². The molecule has 5 nitrogen and oxygen atoms in total. The minimum Gasteiger partial charge on any atom is -0.465 e. The third kappa shape index (κ3) is 3.12. The molecule has 0 spiro atoms. The van der Waals surface area contributed by atoms with Crippen molar-refractivity contribution in [2.45, 2.75) is 91.8 Å². The summed E-state index contributed by atoms with van der Waals surface area (Å²) in [5.74, 6) is -0.476. The molecule has 3 rings (SSSR count). The average molecular weight is 407 g/mol. The number of carbonyl (C=O) groups is 1. The highest BCUT2D eigenvalue weighted by Gasteiger charge is 2.65. The van der Waals surface area contributed by atoms with E-state index in [-0.39, 0.29) is 36.1 Å². The zero-order valence-electron chi connectivity index (χ0n) is 19.3. The summed E-state index contributed by atoms with van der Waals surface area (Å²) in [6.45, 7) is 20.2. The van der Waals surface area contributed by atoms with Crippen LogP contribution in [0.4, 0.5) is 0 Å². The molecule has 3 aliphatic rings. The van der Waals surface area contributed by atoms with E-state index in [0.29, 0.717) is 17.9 Å². The zero-order chi connectivity index (χ0) is 22.0. The van der Waals surface area contributed by atoms with Gasteiger partial charge in [0.25, 0.3) is 0 Å². The molecule has 0 unspecified atom stereocenters. The molecule has 0 aromatic carbocycles. The van der Waals surface area contributed by atoms with Gasteiger partial charge in [-0.05, 0) is 81.9 Å². The Morgan fingerprint density at radius 1 is 1.28 bits per heavy atom. The highest BCUT2D eigenvalue weighted by atomic mass is 16.8. The number of hydrogen-bond acceptors (Lipinski definition) is 5. The second kappa shape index (κ2) is 6.93. The Morgan fingerprint density at radius 3 is 2.41 bits per heavy atom. The normalized spacial score (nSPS) is 43.4. The highest BCUT2D eigenvalue weighted by Crippen LogP contribution is 2.63. The topological polar surface area (TPSA) is 65.0 Å². The van der Waals surface area contributed by atoms with Crippen LogP contribution in [0.15, 0.2) is 23.8 Å². The molecule has 0 radical (unpaired) electrons. The third-order valence-electron chi connectivity index (χ3n) is 7.63. The molecule has 1 aliphatic heterocycles. The van der Waals surface area contributed by atoms with Crippen LogP contribution in [0.5, 0.6) is 0 Å². The van der Waals surface area contributed by atoms with Crippen molar-refractivity contribution in [2.24, 2.45) is 22.7 Å². The van der Waals surface area contributed by atoms with Crippen molar-refractivity contribution in [3.05, 3.63) is 23.8 Å². The fourth-order valence-electron chi connectivity index (χ4n) is 6.07. The standard InChI is InChI=1S/C24H38O5/c1-10-27-20(25)23(9)12-11-22(8)16(13-24(23,26)15(4)5)18-19(17(22)14(2)3)29-21(6,7)28-18/h13-14,17-19,26H,4,10-12H2,1-3,5-9H3/t17-,18+,19-,22-,23+,24+/m0/s1. The summed E-state index contributed by atoms with van der Waals surface area (Å²) in [7, 11) is 0. The van der Waals surface area contributed by atoms with Gasteiger partial charge in [0, 0.05) is 0 Å². The summed E-state index contributed by atoms with van der Waals surface area (Å²) in [5.41, 5.74) is -1.30. The molecule has 1 saturated carbocycles. The Balaban J connectivity index is 2.21. The lowest BCUT2D eigenvalue weighted by atomic mass is 9.65. The van der Waals surface area contributed by atoms with Crippen molar-refractivity contribution in [2.75, 3.05) is 6.61 Å². The van der Waals surface area contributed by atoms with Crippen molar-refractivity contribution in [1.29, 1.82) is 0 Å². The van der Waals surface area contributed by atoms with Crippen LogP contribution in [0.1, 0.15) is 68.2 Å². The molecule has 1 saturated heterocycles. The highest BCUT2D eigenvalue weighted by molar-refractivity contribution is 5.80. The number of carbonyl (C=O) groups excluding carboxylic acids is 1. The molecule has 2 fully saturated rings. The number of aliphatic hydroxyl groups is 1. The molecule has 2 aliphatic carbocycles. The van der Waals surface area contributed by atoms with Gasteiger partial charge in [0.15, 0.2) is 5.79 Å². The molecule has 0 bridgehead atoms. The summed E-state index contributed by atoms with van der Waals surface area (Å²) in [6, 6.07) is 0. The molecule has 1 heterocycles. The van der Waals surface area contributed by atoms with Gasteiger partial charge in [-0.1, -0.05) is 27.4 Å². The molecular weight excluding hydrogens is 368 g/mol. The molecule has 164 valence electrons. The predicted molar refractivity (Wildman–Crippen MR) is 112 cm³/mol. The third-order valence-corrected chi connectivity index (χ3v) is 7.63. The minimum absolute atomic E-state index is 0.0671. The Labute approximate surface area is 175 Å². The van der Waals surface area contributed by atoms with Crippen LogP contribution in [0.25, 0.3) is 0 Å². The van der Waals surface area contributed by atoms with E-state index in [1.165, 1.54) is 0 Å². The number of ether oxygens (including phenoxy) is 3. The number of fused-ring (bicyclic) bond motifs is 3. The van der Waals surface area contributed by atoms with Crippen molar-refractivity contribution in [3.8, 4) is 0 Å². The fourth-order valence-corrected chi connectivity index (χ4v) is 6.07. The van der Waals surface area contributed by atoms with E-state index in [1.54, 1.807) is 20.8 Å². The molecule has 5 heteroatoms. The number of hydrogen-bond donors (Lipinski definition) is 1. The van der Waals surface area contributed by atoms with Gasteiger partial charge in [-0.3, -0.25) is 4.79 Å². The lowest BCUT2D eigenvalue weighted by Crippen LogP contribution is -2.51. The molecule has 1 N–H and O–H groups in total. The van der Waals surface area contributed by atoms with E-state index in [4.69, 9.17) is 14.2 Å². The molecular formula is C24H38O5. The first-order valence-corrected chi connectivity index (χ1v) is 10.9. The first-order chi connectivity index (χ1) is 13.2. The second-order valence-electron chi connectivity index (χ2n) is 10.4. The van der Waals surface area contributed by atoms with E-state index >= 15 is 0 Å². The summed E-state index contributed by atoms with van der Waals surface area (Å²) in [5, 5.41) is 11.9. The van der Waals surface area contributed by atoms with E-state index in [9.17, 15) is 9.90 Å². The number of rotatable bonds is 4. The summed E-state index contributed by atoms with van der Waals surface area (Å²) in [4.78, 5) is 13.1. The predicted octanol–water partition coefficient (Wildman–Crippen LogP) is 4.40. The van der Waals surface area contributed by atoms with E-state index in [2.05, 4.69) is 27.4 Å².